The molecule has 0 unspecified atom stereocenters. The van der Waals surface area contributed by atoms with Crippen LogP contribution in [0, 0.1) is 0 Å². The number of hydrogen-bond acceptors (Lipinski definition) is 4. The highest BCUT2D eigenvalue weighted by Crippen LogP contribution is 2.23. The normalized spacial score (nSPS) is 10.5. The number of aliphatic carboxylic acids is 1. The largest absolute Gasteiger partial charge is 0.481 e. The number of nitrogens with zero attached hydrogens (tertiary/aromatic N) is 3. The second-order valence-corrected chi connectivity index (χ2v) is 6.17. The first kappa shape index (κ1) is 15.8. The van der Waals surface area contributed by atoms with Crippen LogP contribution >= 0.6 is 27.7 Å². The van der Waals surface area contributed by atoms with Gasteiger partial charge in [0.1, 0.15) is 0 Å². The summed E-state index contributed by atoms with van der Waals surface area (Å²) in [4.78, 5) is 15.0. The van der Waals surface area contributed by atoms with E-state index in [1.165, 1.54) is 11.8 Å². The molecule has 0 aliphatic heterocycles. The zero-order chi connectivity index (χ0) is 15.2. The Morgan fingerprint density at radius 3 is 2.76 bits per heavy atom. The summed E-state index contributed by atoms with van der Waals surface area (Å²) in [6.45, 7) is 4.27. The Hall–Kier alpha value is -1.60. The quantitative estimate of drug-likeness (QED) is 0.599. The van der Waals surface area contributed by atoms with E-state index in [0.717, 1.165) is 15.9 Å². The van der Waals surface area contributed by atoms with E-state index in [0.29, 0.717) is 17.5 Å². The van der Waals surface area contributed by atoms with Gasteiger partial charge in [0.15, 0.2) is 5.82 Å². The van der Waals surface area contributed by atoms with Crippen LogP contribution in [0.4, 0.5) is 0 Å². The Kier molecular flexibility index (Phi) is 5.58. The van der Waals surface area contributed by atoms with Gasteiger partial charge >= 0.3 is 5.97 Å². The van der Waals surface area contributed by atoms with Crippen molar-refractivity contribution in [3.63, 3.8) is 0 Å². The third kappa shape index (κ3) is 4.44. The molecule has 5 nitrogen and oxygen atoms in total. The molecule has 2 aromatic rings. The van der Waals surface area contributed by atoms with Crippen LogP contribution in [-0.4, -0.2) is 31.6 Å². The van der Waals surface area contributed by atoms with Crippen LogP contribution in [0.1, 0.15) is 6.42 Å². The highest BCUT2D eigenvalue weighted by Gasteiger charge is 2.12. The molecule has 21 heavy (non-hydrogen) atoms. The molecule has 0 aliphatic carbocycles. The van der Waals surface area contributed by atoms with Crippen LogP contribution in [0.15, 0.2) is 46.5 Å². The van der Waals surface area contributed by atoms with E-state index < -0.39 is 5.97 Å². The van der Waals surface area contributed by atoms with Gasteiger partial charge in [0.25, 0.3) is 0 Å². The fourth-order valence-corrected chi connectivity index (χ4v) is 2.71. The summed E-state index contributed by atoms with van der Waals surface area (Å²) in [6.07, 6.45) is 1.84. The highest BCUT2D eigenvalue weighted by atomic mass is 79.9. The van der Waals surface area contributed by atoms with Gasteiger partial charge in [-0.2, -0.15) is 0 Å². The number of thioether (sulfide) groups is 1. The summed E-state index contributed by atoms with van der Waals surface area (Å²) in [6, 6.07) is 7.80. The van der Waals surface area contributed by atoms with E-state index in [9.17, 15) is 4.79 Å². The van der Waals surface area contributed by atoms with Gasteiger partial charge in [-0.15, -0.1) is 11.7 Å². The van der Waals surface area contributed by atoms with Gasteiger partial charge in [0, 0.05) is 15.8 Å². The van der Waals surface area contributed by atoms with E-state index >= 15 is 0 Å². The van der Waals surface area contributed by atoms with Gasteiger partial charge in [0.2, 0.25) is 5.16 Å². The second-order valence-electron chi connectivity index (χ2n) is 4.19. The van der Waals surface area contributed by atoms with Crippen molar-refractivity contribution in [1.82, 2.24) is 14.8 Å². The van der Waals surface area contributed by atoms with E-state index in [4.69, 9.17) is 5.11 Å². The SMILES string of the molecule is C=CCn1nc(SCCC(=O)O)nc1-c1ccc(Br)cc1. The Morgan fingerprint density at radius 1 is 1.43 bits per heavy atom. The first-order valence-corrected chi connectivity index (χ1v) is 8.04. The first-order valence-electron chi connectivity index (χ1n) is 6.26. The molecule has 0 radical (unpaired) electrons. The summed E-state index contributed by atoms with van der Waals surface area (Å²) in [5.41, 5.74) is 0.956. The molecule has 1 N–H and O–H groups in total. The van der Waals surface area contributed by atoms with Gasteiger partial charge in [-0.1, -0.05) is 45.9 Å². The minimum Gasteiger partial charge on any atom is -0.481 e. The molecule has 0 saturated carbocycles. The summed E-state index contributed by atoms with van der Waals surface area (Å²) in [5, 5.41) is 13.6. The van der Waals surface area contributed by atoms with Crippen molar-refractivity contribution in [3.05, 3.63) is 41.4 Å². The van der Waals surface area contributed by atoms with Crippen molar-refractivity contribution in [2.24, 2.45) is 0 Å². The third-order valence-corrected chi connectivity index (χ3v) is 3.97. The average molecular weight is 368 g/mol. The van der Waals surface area contributed by atoms with E-state index in [1.807, 2.05) is 24.3 Å². The molecule has 0 saturated heterocycles. The van der Waals surface area contributed by atoms with Crippen LogP contribution in [0.5, 0.6) is 0 Å². The van der Waals surface area contributed by atoms with E-state index in [2.05, 4.69) is 32.6 Å². The number of allylic oxidation sites excluding steroid dienone is 1. The fourth-order valence-electron chi connectivity index (χ4n) is 1.67. The maximum atomic E-state index is 10.5. The van der Waals surface area contributed by atoms with Crippen LogP contribution in [-0.2, 0) is 11.3 Å². The molecule has 7 heteroatoms. The molecular weight excluding hydrogens is 354 g/mol. The number of halogens is 1. The second kappa shape index (κ2) is 7.42. The van der Waals surface area contributed by atoms with Crippen molar-refractivity contribution in [2.45, 2.75) is 18.1 Å². The predicted molar refractivity (Wildman–Crippen MR) is 86.3 cm³/mol. The van der Waals surface area contributed by atoms with Crippen molar-refractivity contribution < 1.29 is 9.90 Å². The molecule has 1 heterocycles. The Bertz CT molecular complexity index is 640. The minimum absolute atomic E-state index is 0.0915. The fraction of sp³-hybridized carbons (Fsp3) is 0.214. The molecule has 0 amide bonds. The number of rotatable bonds is 7. The van der Waals surface area contributed by atoms with Gasteiger partial charge in [0.05, 0.1) is 13.0 Å². The number of carbonyl (C=O) groups is 1. The van der Waals surface area contributed by atoms with Crippen LogP contribution in [0.2, 0.25) is 0 Å². The zero-order valence-corrected chi connectivity index (χ0v) is 13.6. The number of benzene rings is 1. The van der Waals surface area contributed by atoms with Gasteiger partial charge in [-0.05, 0) is 12.1 Å². The lowest BCUT2D eigenvalue weighted by molar-refractivity contribution is -0.136. The first-order chi connectivity index (χ1) is 10.1. The van der Waals surface area contributed by atoms with E-state index in [1.54, 1.807) is 10.8 Å². The van der Waals surface area contributed by atoms with Crippen molar-refractivity contribution in [3.8, 4) is 11.4 Å². The standard InChI is InChI=1S/C14H14BrN3O2S/c1-2-8-18-13(10-3-5-11(15)6-4-10)16-14(17-18)21-9-7-12(19)20/h2-6H,1,7-9H2,(H,19,20). The topological polar surface area (TPSA) is 68.0 Å². The Morgan fingerprint density at radius 2 is 2.14 bits per heavy atom. The van der Waals surface area contributed by atoms with Crippen LogP contribution in [0.25, 0.3) is 11.4 Å². The summed E-state index contributed by atoms with van der Waals surface area (Å²) >= 11 is 4.74. The lowest BCUT2D eigenvalue weighted by atomic mass is 10.2. The average Bonchev–Trinajstić information content (AvgIpc) is 2.83. The molecule has 1 aromatic heterocycles. The number of hydrogen-bond donors (Lipinski definition) is 1. The van der Waals surface area contributed by atoms with Crippen LogP contribution < -0.4 is 0 Å². The van der Waals surface area contributed by atoms with Crippen LogP contribution in [0.3, 0.4) is 0 Å². The summed E-state index contributed by atoms with van der Waals surface area (Å²) in [7, 11) is 0. The van der Waals surface area contributed by atoms with Gasteiger partial charge in [-0.3, -0.25) is 4.79 Å². The molecule has 0 aliphatic rings. The monoisotopic (exact) mass is 367 g/mol. The maximum Gasteiger partial charge on any atom is 0.304 e. The molecule has 110 valence electrons. The smallest absolute Gasteiger partial charge is 0.304 e. The number of carboxylic acid groups (broad SMARTS) is 1. The van der Waals surface area contributed by atoms with Crippen molar-refractivity contribution in [1.29, 1.82) is 0 Å². The molecule has 0 spiro atoms. The van der Waals surface area contributed by atoms with Crippen molar-refractivity contribution in [2.75, 3.05) is 5.75 Å². The predicted octanol–water partition coefficient (Wildman–Crippen LogP) is 3.46. The van der Waals surface area contributed by atoms with E-state index in [-0.39, 0.29) is 6.42 Å². The minimum atomic E-state index is -0.818. The third-order valence-electron chi connectivity index (χ3n) is 2.60. The maximum absolute atomic E-state index is 10.5. The zero-order valence-electron chi connectivity index (χ0n) is 11.2. The van der Waals surface area contributed by atoms with Gasteiger partial charge < -0.3 is 5.11 Å². The van der Waals surface area contributed by atoms with Gasteiger partial charge in [-0.25, -0.2) is 9.67 Å². The summed E-state index contributed by atoms with van der Waals surface area (Å²) < 4.78 is 2.76. The Labute approximate surface area is 135 Å². The highest BCUT2D eigenvalue weighted by molar-refractivity contribution is 9.10. The summed E-state index contributed by atoms with van der Waals surface area (Å²) in [5.74, 6) is 0.383. The molecule has 0 atom stereocenters. The molecule has 1 aromatic carbocycles. The lowest BCUT2D eigenvalue weighted by Gasteiger charge is -2.02. The lowest BCUT2D eigenvalue weighted by Crippen LogP contribution is -2.00. The van der Waals surface area contributed by atoms with Crippen molar-refractivity contribution >= 4 is 33.7 Å². The number of aromatic nitrogens is 3. The molecule has 2 rings (SSSR count). The molecular formula is C14H14BrN3O2S. The molecule has 0 bridgehead atoms. The molecule has 0 fully saturated rings. The number of carboxylic acids is 1. The Balaban J connectivity index is 2.22.